The van der Waals surface area contributed by atoms with Gasteiger partial charge in [-0.3, -0.25) is 0 Å². The smallest absolute Gasteiger partial charge is 0.187 e. The Kier molecular flexibility index (Phi) is 9.54. The average molecular weight is 504 g/mol. The second kappa shape index (κ2) is 11.6. The minimum absolute atomic E-state index is 0.617. The van der Waals surface area contributed by atoms with E-state index in [1.54, 1.807) is 0 Å². The molecule has 200 valence electrons. The van der Waals surface area contributed by atoms with E-state index in [0.29, 0.717) is 0 Å². The fourth-order valence-electron chi connectivity index (χ4n) is 3.94. The van der Waals surface area contributed by atoms with Crippen molar-refractivity contribution in [3.8, 4) is 0 Å². The highest BCUT2D eigenvalue weighted by molar-refractivity contribution is 4.94. The molecule has 0 radical (unpaired) electrons. The van der Waals surface area contributed by atoms with Gasteiger partial charge in [0.2, 0.25) is 0 Å². The molecule has 15 unspecified atom stereocenters. The van der Waals surface area contributed by atoms with Gasteiger partial charge in [-0.2, -0.15) is 0 Å². The summed E-state index contributed by atoms with van der Waals surface area (Å²) in [6.07, 6.45) is -25.0. The molecule has 0 aromatic heterocycles. The van der Waals surface area contributed by atoms with Crippen LogP contribution in [0.4, 0.5) is 0 Å². The normalized spacial score (nSPS) is 52.5. The summed E-state index contributed by atoms with van der Waals surface area (Å²) in [5.74, 6) is 0. The lowest BCUT2D eigenvalue weighted by Gasteiger charge is -2.45. The molecule has 11 N–H and O–H groups in total. The van der Waals surface area contributed by atoms with Crippen LogP contribution in [0.1, 0.15) is 0 Å². The molecule has 0 bridgehead atoms. The molecular formula is C18H32O16. The van der Waals surface area contributed by atoms with Gasteiger partial charge in [-0.05, 0) is 0 Å². The van der Waals surface area contributed by atoms with E-state index in [1.165, 1.54) is 0 Å². The van der Waals surface area contributed by atoms with Gasteiger partial charge in [-0.1, -0.05) is 0 Å². The summed E-state index contributed by atoms with van der Waals surface area (Å²) in [5, 5.41) is 109. The Morgan fingerprint density at radius 2 is 1.00 bits per heavy atom. The van der Waals surface area contributed by atoms with Gasteiger partial charge in [-0.15, -0.1) is 0 Å². The third kappa shape index (κ3) is 5.52. The molecule has 0 aromatic rings. The molecular weight excluding hydrogens is 472 g/mol. The summed E-state index contributed by atoms with van der Waals surface area (Å²) in [5.41, 5.74) is 0. The third-order valence-electron chi connectivity index (χ3n) is 6.07. The molecule has 3 aliphatic rings. The molecule has 0 aliphatic carbocycles. The molecule has 16 nitrogen and oxygen atoms in total. The number of hydrogen-bond acceptors (Lipinski definition) is 16. The van der Waals surface area contributed by atoms with Crippen LogP contribution in [-0.2, 0) is 23.7 Å². The Bertz CT molecular complexity index is 639. The van der Waals surface area contributed by atoms with Crippen LogP contribution in [0.5, 0.6) is 0 Å². The zero-order chi connectivity index (χ0) is 25.3. The molecule has 0 amide bonds. The van der Waals surface area contributed by atoms with Crippen LogP contribution in [0.2, 0.25) is 0 Å². The van der Waals surface area contributed by atoms with Crippen LogP contribution < -0.4 is 0 Å². The van der Waals surface area contributed by atoms with Crippen molar-refractivity contribution in [3.05, 3.63) is 0 Å². The van der Waals surface area contributed by atoms with E-state index in [-0.39, 0.29) is 0 Å². The highest BCUT2D eigenvalue weighted by Crippen LogP contribution is 2.29. The first kappa shape index (κ1) is 27.9. The Morgan fingerprint density at radius 1 is 0.500 bits per heavy atom. The van der Waals surface area contributed by atoms with E-state index in [0.717, 1.165) is 0 Å². The van der Waals surface area contributed by atoms with Crippen molar-refractivity contribution in [1.82, 2.24) is 0 Å². The summed E-state index contributed by atoms with van der Waals surface area (Å²) in [6.45, 7) is -2.06. The summed E-state index contributed by atoms with van der Waals surface area (Å²) in [6, 6.07) is 0. The van der Waals surface area contributed by atoms with Crippen molar-refractivity contribution >= 4 is 0 Å². The van der Waals surface area contributed by atoms with Crippen molar-refractivity contribution in [2.45, 2.75) is 92.1 Å². The summed E-state index contributed by atoms with van der Waals surface area (Å²) in [7, 11) is 0. The summed E-state index contributed by atoms with van der Waals surface area (Å²) in [4.78, 5) is 0. The van der Waals surface area contributed by atoms with E-state index in [1.807, 2.05) is 0 Å². The van der Waals surface area contributed by atoms with Crippen LogP contribution in [0, 0.1) is 0 Å². The van der Waals surface area contributed by atoms with Gasteiger partial charge < -0.3 is 79.9 Å². The number of ether oxygens (including phenoxy) is 5. The van der Waals surface area contributed by atoms with Crippen molar-refractivity contribution < 1.29 is 79.9 Å². The van der Waals surface area contributed by atoms with E-state index in [4.69, 9.17) is 23.7 Å². The van der Waals surface area contributed by atoms with Gasteiger partial charge in [0.25, 0.3) is 0 Å². The number of rotatable bonds is 7. The van der Waals surface area contributed by atoms with Crippen LogP contribution in [-0.4, -0.2) is 168 Å². The SMILES string of the molecule is OCC1OC(OCC2OC(OC3C(O)C(O)OC(CO)C3O)C(O)C(O)C2O)C(O)C(O)C1O. The first-order chi connectivity index (χ1) is 16.0. The molecule has 0 aromatic carbocycles. The highest BCUT2D eigenvalue weighted by Gasteiger charge is 2.51. The third-order valence-corrected chi connectivity index (χ3v) is 6.07. The lowest BCUT2D eigenvalue weighted by molar-refractivity contribution is -0.362. The molecule has 3 aliphatic heterocycles. The van der Waals surface area contributed by atoms with Gasteiger partial charge in [0, 0.05) is 0 Å². The van der Waals surface area contributed by atoms with Crippen molar-refractivity contribution in [2.75, 3.05) is 19.8 Å². The van der Waals surface area contributed by atoms with Crippen LogP contribution in [0.25, 0.3) is 0 Å². The maximum atomic E-state index is 10.3. The topological polar surface area (TPSA) is 269 Å². The maximum absolute atomic E-state index is 10.3. The van der Waals surface area contributed by atoms with E-state index in [2.05, 4.69) is 0 Å². The second-order valence-electron chi connectivity index (χ2n) is 8.37. The highest BCUT2D eigenvalue weighted by atomic mass is 16.7. The zero-order valence-corrected chi connectivity index (χ0v) is 17.7. The minimum atomic E-state index is -1.88. The predicted molar refractivity (Wildman–Crippen MR) is 101 cm³/mol. The summed E-state index contributed by atoms with van der Waals surface area (Å²) < 4.78 is 26.1. The van der Waals surface area contributed by atoms with Crippen molar-refractivity contribution in [2.24, 2.45) is 0 Å². The van der Waals surface area contributed by atoms with Crippen LogP contribution in [0.15, 0.2) is 0 Å². The lowest BCUT2D eigenvalue weighted by Crippen LogP contribution is -2.65. The molecule has 3 heterocycles. The van der Waals surface area contributed by atoms with E-state index >= 15 is 0 Å². The quantitative estimate of drug-likeness (QED) is 0.154. The standard InChI is InChI=1S/C18H32O16/c19-1-4-7(21)10(24)12(26)17(32-4)30-3-6-8(22)11(25)13(27)18(33-6)34-15-9(23)5(2-20)31-16(29)14(15)28/h4-29H,1-3H2. The fraction of sp³-hybridized carbons (Fsp3) is 1.00. The molecule has 3 saturated heterocycles. The predicted octanol–water partition coefficient (Wildman–Crippen LogP) is -7.57. The number of aliphatic hydroxyl groups is 11. The number of aliphatic hydroxyl groups excluding tert-OH is 11. The molecule has 3 fully saturated rings. The molecule has 15 atom stereocenters. The molecule has 3 rings (SSSR count). The second-order valence-corrected chi connectivity index (χ2v) is 8.37. The number of hydrogen-bond donors (Lipinski definition) is 11. The minimum Gasteiger partial charge on any atom is -0.394 e. The first-order valence-electron chi connectivity index (χ1n) is 10.6. The molecule has 34 heavy (non-hydrogen) atoms. The average Bonchev–Trinajstić information content (AvgIpc) is 2.82. The lowest BCUT2D eigenvalue weighted by atomic mass is 9.97. The van der Waals surface area contributed by atoms with Crippen LogP contribution >= 0.6 is 0 Å². The van der Waals surface area contributed by atoms with Gasteiger partial charge in [0.05, 0.1) is 19.8 Å². The Morgan fingerprint density at radius 3 is 1.59 bits per heavy atom. The van der Waals surface area contributed by atoms with Gasteiger partial charge >= 0.3 is 0 Å². The fourth-order valence-corrected chi connectivity index (χ4v) is 3.94. The summed E-state index contributed by atoms with van der Waals surface area (Å²) >= 11 is 0. The van der Waals surface area contributed by atoms with Crippen molar-refractivity contribution in [1.29, 1.82) is 0 Å². The monoisotopic (exact) mass is 504 g/mol. The van der Waals surface area contributed by atoms with E-state index < -0.39 is 112 Å². The van der Waals surface area contributed by atoms with Crippen molar-refractivity contribution in [3.63, 3.8) is 0 Å². The largest absolute Gasteiger partial charge is 0.394 e. The zero-order valence-electron chi connectivity index (χ0n) is 17.7. The maximum Gasteiger partial charge on any atom is 0.187 e. The first-order valence-corrected chi connectivity index (χ1v) is 10.6. The van der Waals surface area contributed by atoms with Gasteiger partial charge in [0.15, 0.2) is 18.9 Å². The molecule has 16 heteroatoms. The van der Waals surface area contributed by atoms with Gasteiger partial charge in [-0.25, -0.2) is 0 Å². The Hall–Kier alpha value is -0.640. The van der Waals surface area contributed by atoms with E-state index in [9.17, 15) is 56.2 Å². The Labute approximate surface area is 192 Å². The molecule has 0 saturated carbocycles. The Balaban J connectivity index is 1.66. The van der Waals surface area contributed by atoms with Crippen LogP contribution in [0.3, 0.4) is 0 Å². The molecule has 0 spiro atoms. The van der Waals surface area contributed by atoms with Gasteiger partial charge in [0.1, 0.15) is 73.2 Å².